The van der Waals surface area contributed by atoms with Crippen molar-refractivity contribution in [2.45, 2.75) is 57.8 Å². The van der Waals surface area contributed by atoms with Crippen LogP contribution in [0.25, 0.3) is 0 Å². The summed E-state index contributed by atoms with van der Waals surface area (Å²) in [4.78, 5) is 0. The van der Waals surface area contributed by atoms with Crippen LogP contribution in [-0.4, -0.2) is 24.4 Å². The maximum absolute atomic E-state index is 5.95. The van der Waals surface area contributed by atoms with Gasteiger partial charge in [0.1, 0.15) is 0 Å². The lowest BCUT2D eigenvalue weighted by molar-refractivity contribution is 0.00578. The zero-order valence-electron chi connectivity index (χ0n) is 10.0. The Morgan fingerprint density at radius 2 is 1.80 bits per heavy atom. The Bertz CT molecular complexity index is 283. The Kier molecular flexibility index (Phi) is 2.49. The Labute approximate surface area is 92.1 Å². The summed E-state index contributed by atoms with van der Waals surface area (Å²) in [6.07, 6.45) is 4.10. The molecule has 1 atom stereocenters. The molecule has 0 aromatic carbocycles. The van der Waals surface area contributed by atoms with Gasteiger partial charge in [-0.05, 0) is 46.0 Å². The van der Waals surface area contributed by atoms with Crippen LogP contribution in [0.15, 0.2) is 11.5 Å². The van der Waals surface area contributed by atoms with E-state index in [0.717, 1.165) is 12.8 Å². The molecule has 0 spiro atoms. The van der Waals surface area contributed by atoms with Crippen molar-refractivity contribution >= 4 is 7.12 Å². The molecule has 1 unspecified atom stereocenters. The van der Waals surface area contributed by atoms with Crippen molar-refractivity contribution in [3.63, 3.8) is 0 Å². The molecule has 2 rings (SSSR count). The monoisotopic (exact) mass is 209 g/mol. The smallest absolute Gasteiger partial charge is 0.400 e. The van der Waals surface area contributed by atoms with E-state index in [1.54, 1.807) is 0 Å². The standard InChI is InChI=1S/C11H20BNO2/c1-10(2)11(3,4)15-12(14-10)8-5-6-9(13)7-8/h7,9H,5-6,13H2,1-4H3. The van der Waals surface area contributed by atoms with E-state index in [-0.39, 0.29) is 24.4 Å². The average molecular weight is 209 g/mol. The maximum atomic E-state index is 5.95. The lowest BCUT2D eigenvalue weighted by Gasteiger charge is -2.32. The number of nitrogens with two attached hydrogens (primary N) is 1. The van der Waals surface area contributed by atoms with Gasteiger partial charge in [0.25, 0.3) is 0 Å². The summed E-state index contributed by atoms with van der Waals surface area (Å²) in [5.41, 5.74) is 6.56. The molecule has 4 heteroatoms. The fourth-order valence-electron chi connectivity index (χ4n) is 1.97. The molecule has 1 aliphatic heterocycles. The van der Waals surface area contributed by atoms with E-state index in [9.17, 15) is 0 Å². The molecule has 2 N–H and O–H groups in total. The van der Waals surface area contributed by atoms with Crippen LogP contribution in [0.1, 0.15) is 40.5 Å². The second kappa shape index (κ2) is 3.34. The third-order valence-electron chi connectivity index (χ3n) is 3.75. The van der Waals surface area contributed by atoms with Crippen molar-refractivity contribution in [3.05, 3.63) is 11.5 Å². The van der Waals surface area contributed by atoms with Gasteiger partial charge in [0, 0.05) is 6.04 Å². The Morgan fingerprint density at radius 1 is 1.27 bits per heavy atom. The molecule has 1 aliphatic carbocycles. The Morgan fingerprint density at radius 3 is 2.20 bits per heavy atom. The summed E-state index contributed by atoms with van der Waals surface area (Å²) in [5, 5.41) is 0. The molecule has 1 heterocycles. The molecular weight excluding hydrogens is 189 g/mol. The Balaban J connectivity index is 2.13. The van der Waals surface area contributed by atoms with Gasteiger partial charge in [-0.2, -0.15) is 0 Å². The van der Waals surface area contributed by atoms with Crippen LogP contribution in [0.5, 0.6) is 0 Å². The van der Waals surface area contributed by atoms with Gasteiger partial charge in [-0.1, -0.05) is 6.08 Å². The zero-order chi connectivity index (χ0) is 11.3. The molecule has 1 fully saturated rings. The molecular formula is C11H20BNO2. The van der Waals surface area contributed by atoms with E-state index in [0.29, 0.717) is 0 Å². The van der Waals surface area contributed by atoms with Crippen LogP contribution in [0, 0.1) is 0 Å². The Hall–Kier alpha value is -0.315. The summed E-state index contributed by atoms with van der Waals surface area (Å²) in [6.45, 7) is 8.29. The highest BCUT2D eigenvalue weighted by Gasteiger charge is 2.52. The summed E-state index contributed by atoms with van der Waals surface area (Å²) in [7, 11) is -0.191. The van der Waals surface area contributed by atoms with Gasteiger partial charge in [0.15, 0.2) is 0 Å². The quantitative estimate of drug-likeness (QED) is 0.668. The van der Waals surface area contributed by atoms with Crippen LogP contribution in [0.3, 0.4) is 0 Å². The van der Waals surface area contributed by atoms with Crippen molar-refractivity contribution in [2.24, 2.45) is 5.73 Å². The summed E-state index contributed by atoms with van der Waals surface area (Å²) < 4.78 is 11.9. The molecule has 0 bridgehead atoms. The SMILES string of the molecule is CC1(C)OB(C2=CC(N)CC2)OC1(C)C. The predicted molar refractivity (Wildman–Crippen MR) is 61.4 cm³/mol. The molecule has 0 radical (unpaired) electrons. The van der Waals surface area contributed by atoms with Gasteiger partial charge in [-0.15, -0.1) is 0 Å². The first kappa shape index (κ1) is 11.2. The molecule has 2 aliphatic rings. The zero-order valence-corrected chi connectivity index (χ0v) is 10.0. The summed E-state index contributed by atoms with van der Waals surface area (Å²) >= 11 is 0. The van der Waals surface area contributed by atoms with Gasteiger partial charge < -0.3 is 15.0 Å². The highest BCUT2D eigenvalue weighted by molar-refractivity contribution is 6.54. The van der Waals surface area contributed by atoms with Crippen LogP contribution < -0.4 is 5.73 Å². The normalized spacial score (nSPS) is 33.3. The van der Waals surface area contributed by atoms with E-state index in [1.807, 2.05) is 0 Å². The molecule has 0 saturated carbocycles. The molecule has 1 saturated heterocycles. The van der Waals surface area contributed by atoms with Gasteiger partial charge in [-0.3, -0.25) is 0 Å². The second-order valence-corrected chi connectivity index (χ2v) is 5.53. The summed E-state index contributed by atoms with van der Waals surface area (Å²) in [6, 6.07) is 0.180. The highest BCUT2D eigenvalue weighted by atomic mass is 16.7. The second-order valence-electron chi connectivity index (χ2n) is 5.53. The third-order valence-corrected chi connectivity index (χ3v) is 3.75. The molecule has 3 nitrogen and oxygen atoms in total. The van der Waals surface area contributed by atoms with Crippen LogP contribution in [0.2, 0.25) is 0 Å². The van der Waals surface area contributed by atoms with Gasteiger partial charge >= 0.3 is 7.12 Å². The third kappa shape index (κ3) is 1.86. The van der Waals surface area contributed by atoms with E-state index < -0.39 is 0 Å². The fraction of sp³-hybridized carbons (Fsp3) is 0.818. The first-order valence-corrected chi connectivity index (χ1v) is 5.64. The average Bonchev–Trinajstić information content (AvgIpc) is 2.56. The van der Waals surface area contributed by atoms with E-state index in [1.165, 1.54) is 5.47 Å². The largest absolute Gasteiger partial charge is 0.490 e. The van der Waals surface area contributed by atoms with Crippen molar-refractivity contribution in [2.75, 3.05) is 0 Å². The van der Waals surface area contributed by atoms with Crippen molar-refractivity contribution < 1.29 is 9.31 Å². The van der Waals surface area contributed by atoms with Gasteiger partial charge in [-0.25, -0.2) is 0 Å². The maximum Gasteiger partial charge on any atom is 0.490 e. The lowest BCUT2D eigenvalue weighted by atomic mass is 9.78. The minimum Gasteiger partial charge on any atom is -0.400 e. The minimum absolute atomic E-state index is 0.180. The van der Waals surface area contributed by atoms with Crippen molar-refractivity contribution in [3.8, 4) is 0 Å². The molecule has 0 aromatic heterocycles. The van der Waals surface area contributed by atoms with Crippen LogP contribution >= 0.6 is 0 Å². The molecule has 0 aromatic rings. The van der Waals surface area contributed by atoms with E-state index in [2.05, 4.69) is 33.8 Å². The minimum atomic E-state index is -0.245. The van der Waals surface area contributed by atoms with Crippen molar-refractivity contribution in [1.29, 1.82) is 0 Å². The first-order valence-electron chi connectivity index (χ1n) is 5.64. The van der Waals surface area contributed by atoms with Crippen LogP contribution in [0.4, 0.5) is 0 Å². The summed E-state index contributed by atoms with van der Waals surface area (Å²) in [5.74, 6) is 0. The van der Waals surface area contributed by atoms with Crippen LogP contribution in [-0.2, 0) is 9.31 Å². The lowest BCUT2D eigenvalue weighted by Crippen LogP contribution is -2.41. The highest BCUT2D eigenvalue weighted by Crippen LogP contribution is 2.40. The van der Waals surface area contributed by atoms with E-state index >= 15 is 0 Å². The predicted octanol–water partition coefficient (Wildman–Crippen LogP) is 1.67. The first-order chi connectivity index (χ1) is 6.82. The van der Waals surface area contributed by atoms with Gasteiger partial charge in [0.05, 0.1) is 11.2 Å². The van der Waals surface area contributed by atoms with Crippen molar-refractivity contribution in [1.82, 2.24) is 0 Å². The van der Waals surface area contributed by atoms with Gasteiger partial charge in [0.2, 0.25) is 0 Å². The molecule has 0 amide bonds. The number of hydrogen-bond acceptors (Lipinski definition) is 3. The molecule has 15 heavy (non-hydrogen) atoms. The number of rotatable bonds is 1. The molecule has 84 valence electrons. The fourth-order valence-corrected chi connectivity index (χ4v) is 1.97. The number of allylic oxidation sites excluding steroid dienone is 1. The topological polar surface area (TPSA) is 44.5 Å². The number of hydrogen-bond donors (Lipinski definition) is 1. The van der Waals surface area contributed by atoms with E-state index in [4.69, 9.17) is 15.0 Å².